The van der Waals surface area contributed by atoms with Crippen LogP contribution in [0.5, 0.6) is 0 Å². The number of aliphatic hydroxyl groups is 2. The summed E-state index contributed by atoms with van der Waals surface area (Å²) in [7, 11) is 0. The Labute approximate surface area is 374 Å². The number of alkyl halides is 12. The molecule has 1 aromatic rings. The van der Waals surface area contributed by atoms with Crippen LogP contribution in [0.4, 0.5) is 52.7 Å². The monoisotopic (exact) mass is 1080 g/mol. The number of nitrogens with zero attached hydrogens (tertiary/aromatic N) is 1. The number of Topliss-reactive ketones (excluding diaryl/α,β-unsaturated/α-hetero) is 2. The number of aromatic amines is 1. The van der Waals surface area contributed by atoms with Crippen molar-refractivity contribution in [2.24, 2.45) is 22.9 Å². The largest absolute Gasteiger partial charge is 0.490 e. The summed E-state index contributed by atoms with van der Waals surface area (Å²) in [5.74, 6) is -12.7. The second-order valence-electron chi connectivity index (χ2n) is 12.4. The number of rotatable bonds is 15. The van der Waals surface area contributed by atoms with Gasteiger partial charge in [-0.15, -0.1) is 0 Å². The maximum Gasteiger partial charge on any atom is 0.490 e. The highest BCUT2D eigenvalue weighted by Crippen LogP contribution is 2.40. The molecule has 1 aliphatic heterocycles. The van der Waals surface area contributed by atoms with Gasteiger partial charge in [0.25, 0.3) is 5.56 Å². The summed E-state index contributed by atoms with van der Waals surface area (Å²) in [6, 6.07) is -2.23. The third kappa shape index (κ3) is 26.7. The van der Waals surface area contributed by atoms with E-state index in [1.165, 1.54) is 17.3 Å². The summed E-state index contributed by atoms with van der Waals surface area (Å²) in [5.41, 5.74) is 19.1. The zero-order valence-corrected chi connectivity index (χ0v) is 35.1. The topological polar surface area (TPSA) is 455 Å². The summed E-state index contributed by atoms with van der Waals surface area (Å²) in [5, 5.41) is 51.0. The van der Waals surface area contributed by atoms with Crippen molar-refractivity contribution in [1.82, 2.24) is 9.55 Å². The Kier molecular flexibility index (Phi) is 32.9. The van der Waals surface area contributed by atoms with Gasteiger partial charge in [-0.05, 0) is 49.8 Å². The van der Waals surface area contributed by atoms with Gasteiger partial charge in [0.2, 0.25) is 0 Å². The molecule has 1 aliphatic rings. The summed E-state index contributed by atoms with van der Waals surface area (Å²) in [4.78, 5) is 90.0. The number of nitrogens with two attached hydrogens (primary N) is 4. The number of aliphatic hydroxyl groups excluding tert-OH is 1. The van der Waals surface area contributed by atoms with Crippen LogP contribution in [0, 0.1) is 0 Å². The molecule has 36 heteroatoms. The number of nitrogens with one attached hydrogen (secondary N) is 1. The number of carbonyl (C=O) groups is 6. The molecule has 0 saturated carbocycles. The van der Waals surface area contributed by atoms with E-state index >= 15 is 0 Å². The first-order chi connectivity index (χ1) is 29.3. The van der Waals surface area contributed by atoms with Crippen molar-refractivity contribution in [1.29, 1.82) is 0 Å². The minimum Gasteiger partial charge on any atom is -0.475 e. The molecule has 392 valence electrons. The van der Waals surface area contributed by atoms with Gasteiger partial charge in [0.1, 0.15) is 18.4 Å². The van der Waals surface area contributed by atoms with Gasteiger partial charge >= 0.3 is 54.3 Å². The number of unbranched alkanes of at least 4 members (excludes halogenated alkanes) is 2. The summed E-state index contributed by atoms with van der Waals surface area (Å²) < 4.78 is 134. The molecule has 1 aromatic heterocycles. The SMILES string of the molecule is NCCCC[C@H](N)C(=O)C(O)[C@H]1O[C@@H](n2cc(/C=C/Br)c(=O)[nH]c2=O)C[C@@]1(O)C(=O)[C@@H](N)CCCCN.O.O.O=C(O)C(F)(F)F.O=C(O)C(F)(F)F.O=C(O)C(F)(F)F.O=C(O)C(F)(F)F. The molecule has 1 fully saturated rings. The number of hydrogen-bond acceptors (Lipinski definition) is 15. The summed E-state index contributed by atoms with van der Waals surface area (Å²) in [6.45, 7) is 0.807. The van der Waals surface area contributed by atoms with E-state index in [-0.39, 0.29) is 29.4 Å². The second kappa shape index (κ2) is 31.1. The lowest BCUT2D eigenvalue weighted by Crippen LogP contribution is -2.59. The molecule has 2 rings (SSSR count). The van der Waals surface area contributed by atoms with Gasteiger partial charge in [-0.25, -0.2) is 24.0 Å². The molecule has 19 N–H and O–H groups in total. The maximum atomic E-state index is 13.3. The maximum absolute atomic E-state index is 13.3. The van der Waals surface area contributed by atoms with Crippen LogP contribution in [0.1, 0.15) is 56.7 Å². The number of aromatic nitrogens is 2. The molecule has 1 unspecified atom stereocenters. The lowest BCUT2D eigenvalue weighted by atomic mass is 9.81. The van der Waals surface area contributed by atoms with Crippen LogP contribution in [0.2, 0.25) is 0 Å². The van der Waals surface area contributed by atoms with Gasteiger partial charge in [0.15, 0.2) is 17.2 Å². The fourth-order valence-corrected chi connectivity index (χ4v) is 4.62. The smallest absolute Gasteiger partial charge is 0.475 e. The zero-order chi connectivity index (χ0) is 52.1. The van der Waals surface area contributed by atoms with E-state index in [1.807, 2.05) is 0 Å². The molecule has 0 bridgehead atoms. The third-order valence-corrected chi connectivity index (χ3v) is 7.69. The van der Waals surface area contributed by atoms with Crippen LogP contribution < -0.4 is 34.2 Å². The average molecular weight is 1080 g/mol. The number of carboxylic acids is 4. The Morgan fingerprint density at radius 3 is 1.40 bits per heavy atom. The Balaban J connectivity index is -0.000000344. The van der Waals surface area contributed by atoms with Crippen molar-refractivity contribution in [3.05, 3.63) is 37.6 Å². The summed E-state index contributed by atoms with van der Waals surface area (Å²) in [6.07, 6.45) is -20.6. The fourth-order valence-electron chi connectivity index (χ4n) is 4.33. The first-order valence-electron chi connectivity index (χ1n) is 17.2. The van der Waals surface area contributed by atoms with E-state index in [4.69, 9.17) is 67.3 Å². The lowest BCUT2D eigenvalue weighted by molar-refractivity contribution is -0.193. The molecular formula is C31H45BrF12N6O17. The highest BCUT2D eigenvalue weighted by molar-refractivity contribution is 9.11. The molecule has 2 heterocycles. The molecule has 1 saturated heterocycles. The first-order valence-corrected chi connectivity index (χ1v) is 18.1. The Hall–Kier alpha value is -5.08. The minimum atomic E-state index is -5.08. The molecule has 6 atom stereocenters. The molecule has 0 radical (unpaired) electrons. The van der Waals surface area contributed by atoms with Gasteiger partial charge in [0.05, 0.1) is 17.6 Å². The van der Waals surface area contributed by atoms with Crippen molar-refractivity contribution in [2.75, 3.05) is 13.1 Å². The molecular weight excluding hydrogens is 1040 g/mol. The van der Waals surface area contributed by atoms with Gasteiger partial charge in [-0.1, -0.05) is 28.8 Å². The highest BCUT2D eigenvalue weighted by atomic mass is 79.9. The number of carbonyl (C=O) groups excluding carboxylic acids is 2. The van der Waals surface area contributed by atoms with Crippen LogP contribution in [-0.2, 0) is 33.5 Å². The van der Waals surface area contributed by atoms with E-state index < -0.39 is 114 Å². The number of ketones is 2. The Morgan fingerprint density at radius 2 is 1.09 bits per heavy atom. The normalized spacial score (nSPS) is 18.1. The van der Waals surface area contributed by atoms with Crippen molar-refractivity contribution >= 4 is 57.4 Å². The number of aliphatic carboxylic acids is 4. The fraction of sp³-hybridized carbons (Fsp3) is 0.613. The minimum absolute atomic E-state index is 0. The molecule has 0 aromatic carbocycles. The van der Waals surface area contributed by atoms with Crippen LogP contribution in [0.15, 0.2) is 20.8 Å². The van der Waals surface area contributed by atoms with Crippen LogP contribution in [0.3, 0.4) is 0 Å². The molecule has 23 nitrogen and oxygen atoms in total. The predicted molar refractivity (Wildman–Crippen MR) is 203 cm³/mol. The number of hydrogen-bond donors (Lipinski definition) is 11. The molecule has 0 aliphatic carbocycles. The van der Waals surface area contributed by atoms with E-state index in [9.17, 15) is 82.1 Å². The van der Waals surface area contributed by atoms with Gasteiger partial charge < -0.3 is 69.3 Å². The predicted octanol–water partition coefficient (Wildman–Crippen LogP) is -0.784. The molecule has 0 spiro atoms. The van der Waals surface area contributed by atoms with Crippen molar-refractivity contribution in [2.45, 2.75) is 106 Å². The lowest BCUT2D eigenvalue weighted by Gasteiger charge is -2.32. The van der Waals surface area contributed by atoms with Gasteiger partial charge in [0, 0.05) is 12.6 Å². The number of carboxylic acid groups (broad SMARTS) is 4. The van der Waals surface area contributed by atoms with Crippen LogP contribution >= 0.6 is 15.9 Å². The molecule has 67 heavy (non-hydrogen) atoms. The van der Waals surface area contributed by atoms with E-state index in [1.54, 1.807) is 0 Å². The average Bonchev–Trinajstić information content (AvgIpc) is 3.52. The van der Waals surface area contributed by atoms with Crippen molar-refractivity contribution in [3.8, 4) is 0 Å². The van der Waals surface area contributed by atoms with Crippen LogP contribution in [0.25, 0.3) is 6.08 Å². The van der Waals surface area contributed by atoms with E-state index in [0.717, 1.165) is 4.57 Å². The van der Waals surface area contributed by atoms with E-state index in [2.05, 4.69) is 20.9 Å². The number of halogens is 13. The highest BCUT2D eigenvalue weighted by Gasteiger charge is 2.58. The van der Waals surface area contributed by atoms with Crippen LogP contribution in [-0.4, -0.2) is 154 Å². The third-order valence-electron chi connectivity index (χ3n) is 7.42. The molecule has 0 amide bonds. The number of ether oxygens (including phenoxy) is 1. The van der Waals surface area contributed by atoms with Crippen molar-refractivity contribution in [3.63, 3.8) is 0 Å². The Bertz CT molecular complexity index is 1780. The number of H-pyrrole nitrogens is 1. The zero-order valence-electron chi connectivity index (χ0n) is 33.5. The Morgan fingerprint density at radius 1 is 0.746 bits per heavy atom. The first kappa shape index (κ1) is 70.9. The van der Waals surface area contributed by atoms with Gasteiger partial charge in [-0.2, -0.15) is 52.7 Å². The summed E-state index contributed by atoms with van der Waals surface area (Å²) >= 11 is 3.06. The van der Waals surface area contributed by atoms with Crippen molar-refractivity contribution < 1.29 is 128 Å². The van der Waals surface area contributed by atoms with Gasteiger partial charge in [-0.3, -0.25) is 23.9 Å². The second-order valence-corrected chi connectivity index (χ2v) is 12.9. The van der Waals surface area contributed by atoms with E-state index in [0.29, 0.717) is 38.8 Å². The quantitative estimate of drug-likeness (QED) is 0.0758. The standard InChI is InChI=1S/C23H37BrN6O7.4C2HF3O2.2H2O/c24-8-7-13-12-30(22(35)29-21(13)34)16-11-23(36,19(33)15(28)6-2-4-10-26)20(37-16)18(32)17(31)14(27)5-1-3-9-25;4*3-2(4,5)1(6)7;;/h7-8,12,14-16,18,20,32,36H,1-6,9-11,25-28H2,(H,29,34,35);4*(H,6,7);2*1H2/b8-7+;;;;;;/t14-,15-,16+,18?,20+,23+;;;;;;/m0....../s1.